The summed E-state index contributed by atoms with van der Waals surface area (Å²) >= 11 is 0. The topological polar surface area (TPSA) is 45.7 Å². The summed E-state index contributed by atoms with van der Waals surface area (Å²) in [5, 5.41) is 5.36. The molecule has 3 fully saturated rings. The number of carbonyl (C=O) groups excluding carboxylic acids is 1. The Labute approximate surface area is 84.6 Å². The number of quaternary nitrogens is 1. The maximum Gasteiger partial charge on any atom is 0.278 e. The zero-order valence-corrected chi connectivity index (χ0v) is 8.54. The standard InChI is InChI=1S/C11H18N2O/c14-11-10-8(5-6-12-11)7-3-1-2-4-9(7)13-10/h7-10,13H,1-6H2,(H,12,14)/p+1/t7-,8+,9+,10-/m1/s1. The number of amides is 1. The van der Waals surface area contributed by atoms with E-state index in [9.17, 15) is 4.79 Å². The molecule has 78 valence electrons. The van der Waals surface area contributed by atoms with Gasteiger partial charge < -0.3 is 10.6 Å². The first-order valence-electron chi connectivity index (χ1n) is 5.99. The summed E-state index contributed by atoms with van der Waals surface area (Å²) in [4.78, 5) is 11.7. The second-order valence-electron chi connectivity index (χ2n) is 5.07. The van der Waals surface area contributed by atoms with Gasteiger partial charge in [-0.15, -0.1) is 0 Å². The minimum atomic E-state index is 0.261. The Morgan fingerprint density at radius 3 is 2.93 bits per heavy atom. The van der Waals surface area contributed by atoms with Gasteiger partial charge in [0, 0.05) is 18.4 Å². The van der Waals surface area contributed by atoms with Crippen molar-refractivity contribution in [2.24, 2.45) is 11.8 Å². The highest BCUT2D eigenvalue weighted by Gasteiger charge is 2.51. The fourth-order valence-corrected chi connectivity index (χ4v) is 3.79. The fourth-order valence-electron chi connectivity index (χ4n) is 3.79. The van der Waals surface area contributed by atoms with Crippen molar-refractivity contribution >= 4 is 5.91 Å². The second-order valence-corrected chi connectivity index (χ2v) is 5.07. The number of piperidine rings is 1. The highest BCUT2D eigenvalue weighted by Crippen LogP contribution is 2.36. The van der Waals surface area contributed by atoms with Gasteiger partial charge in [0.1, 0.15) is 0 Å². The molecular formula is C11H19N2O+. The molecule has 3 heteroatoms. The first-order chi connectivity index (χ1) is 6.86. The molecule has 1 aliphatic carbocycles. The zero-order chi connectivity index (χ0) is 9.54. The van der Waals surface area contributed by atoms with Gasteiger partial charge in [-0.05, 0) is 25.7 Å². The molecule has 0 spiro atoms. The summed E-state index contributed by atoms with van der Waals surface area (Å²) in [5.41, 5.74) is 0. The lowest BCUT2D eigenvalue weighted by molar-refractivity contribution is -0.696. The maximum absolute atomic E-state index is 11.7. The highest BCUT2D eigenvalue weighted by atomic mass is 16.2. The molecule has 3 rings (SSSR count). The van der Waals surface area contributed by atoms with Crippen molar-refractivity contribution in [2.75, 3.05) is 6.54 Å². The molecule has 1 saturated carbocycles. The third-order valence-corrected chi connectivity index (χ3v) is 4.42. The quantitative estimate of drug-likeness (QED) is 0.544. The minimum absolute atomic E-state index is 0.261. The molecule has 0 bridgehead atoms. The Morgan fingerprint density at radius 1 is 1.14 bits per heavy atom. The van der Waals surface area contributed by atoms with E-state index in [2.05, 4.69) is 10.6 Å². The predicted molar refractivity (Wildman–Crippen MR) is 52.6 cm³/mol. The molecule has 3 aliphatic rings. The number of nitrogens with one attached hydrogen (secondary N) is 1. The Bertz CT molecular complexity index is 254. The molecule has 2 heterocycles. The molecule has 3 N–H and O–H groups in total. The summed E-state index contributed by atoms with van der Waals surface area (Å²) in [5.74, 6) is 1.84. The molecule has 4 atom stereocenters. The SMILES string of the molecule is O=C1NCC[C@H]2[C@H]3CCCC[C@@H]3[NH2+][C@@H]12. The van der Waals surface area contributed by atoms with E-state index in [1.807, 2.05) is 0 Å². The summed E-state index contributed by atoms with van der Waals surface area (Å²) in [6.45, 7) is 0.914. The van der Waals surface area contributed by atoms with Crippen LogP contribution in [0.25, 0.3) is 0 Å². The predicted octanol–water partition coefficient (Wildman–Crippen LogP) is -0.373. The minimum Gasteiger partial charge on any atom is -0.351 e. The lowest BCUT2D eigenvalue weighted by Crippen LogP contribution is -2.95. The van der Waals surface area contributed by atoms with Crippen LogP contribution in [-0.2, 0) is 4.79 Å². The van der Waals surface area contributed by atoms with Crippen LogP contribution in [0, 0.1) is 11.8 Å². The summed E-state index contributed by atoms with van der Waals surface area (Å²) in [7, 11) is 0. The van der Waals surface area contributed by atoms with Crippen molar-refractivity contribution in [3.05, 3.63) is 0 Å². The van der Waals surface area contributed by atoms with Gasteiger partial charge in [-0.2, -0.15) is 0 Å². The third-order valence-electron chi connectivity index (χ3n) is 4.42. The van der Waals surface area contributed by atoms with E-state index in [-0.39, 0.29) is 6.04 Å². The summed E-state index contributed by atoms with van der Waals surface area (Å²) < 4.78 is 0. The largest absolute Gasteiger partial charge is 0.351 e. The van der Waals surface area contributed by atoms with E-state index in [1.54, 1.807) is 0 Å². The van der Waals surface area contributed by atoms with Crippen LogP contribution in [0.1, 0.15) is 32.1 Å². The van der Waals surface area contributed by atoms with E-state index in [1.165, 1.54) is 32.1 Å². The van der Waals surface area contributed by atoms with Crippen molar-refractivity contribution in [3.63, 3.8) is 0 Å². The van der Waals surface area contributed by atoms with Gasteiger partial charge in [-0.3, -0.25) is 4.79 Å². The van der Waals surface area contributed by atoms with Crippen LogP contribution >= 0.6 is 0 Å². The van der Waals surface area contributed by atoms with Gasteiger partial charge in [0.25, 0.3) is 5.91 Å². The monoisotopic (exact) mass is 195 g/mol. The molecule has 0 aromatic heterocycles. The summed E-state index contributed by atoms with van der Waals surface area (Å²) in [6, 6.07) is 1.03. The number of fused-ring (bicyclic) bond motifs is 3. The van der Waals surface area contributed by atoms with E-state index in [0.717, 1.165) is 18.5 Å². The molecule has 14 heavy (non-hydrogen) atoms. The second kappa shape index (κ2) is 3.23. The van der Waals surface area contributed by atoms with E-state index < -0.39 is 0 Å². The summed E-state index contributed by atoms with van der Waals surface area (Å²) in [6.07, 6.45) is 6.69. The lowest BCUT2D eigenvalue weighted by atomic mass is 9.76. The van der Waals surface area contributed by atoms with E-state index >= 15 is 0 Å². The molecule has 1 amide bonds. The van der Waals surface area contributed by atoms with E-state index in [4.69, 9.17) is 0 Å². The van der Waals surface area contributed by atoms with E-state index in [0.29, 0.717) is 11.8 Å². The van der Waals surface area contributed by atoms with Crippen LogP contribution in [0.5, 0.6) is 0 Å². The van der Waals surface area contributed by atoms with Crippen LogP contribution < -0.4 is 10.6 Å². The third kappa shape index (κ3) is 1.18. The first kappa shape index (κ1) is 8.72. The van der Waals surface area contributed by atoms with Crippen LogP contribution in [0.2, 0.25) is 0 Å². The number of hydrogen-bond acceptors (Lipinski definition) is 1. The highest BCUT2D eigenvalue weighted by molar-refractivity contribution is 5.81. The van der Waals surface area contributed by atoms with Gasteiger partial charge in [0.05, 0.1) is 6.04 Å². The molecule has 2 aliphatic heterocycles. The molecule has 0 unspecified atom stereocenters. The van der Waals surface area contributed by atoms with Gasteiger partial charge in [0.15, 0.2) is 6.04 Å². The Balaban J connectivity index is 1.82. The van der Waals surface area contributed by atoms with Crippen LogP contribution in [-0.4, -0.2) is 24.5 Å². The Kier molecular flexibility index (Phi) is 2.01. The van der Waals surface area contributed by atoms with Crippen molar-refractivity contribution in [2.45, 2.75) is 44.2 Å². The molecular weight excluding hydrogens is 176 g/mol. The van der Waals surface area contributed by atoms with Crippen LogP contribution in [0.15, 0.2) is 0 Å². The molecule has 3 nitrogen and oxygen atoms in total. The number of carbonyl (C=O) groups is 1. The number of nitrogens with two attached hydrogens (primary N) is 1. The first-order valence-corrected chi connectivity index (χ1v) is 5.99. The smallest absolute Gasteiger partial charge is 0.278 e. The lowest BCUT2D eigenvalue weighted by Gasteiger charge is -2.27. The molecule has 2 saturated heterocycles. The molecule has 0 aromatic rings. The van der Waals surface area contributed by atoms with Gasteiger partial charge in [-0.1, -0.05) is 6.42 Å². The Hall–Kier alpha value is -0.570. The Morgan fingerprint density at radius 2 is 2.00 bits per heavy atom. The maximum atomic E-state index is 11.7. The van der Waals surface area contributed by atoms with Crippen molar-refractivity contribution in [1.82, 2.24) is 5.32 Å². The van der Waals surface area contributed by atoms with Gasteiger partial charge in [-0.25, -0.2) is 0 Å². The number of rotatable bonds is 0. The number of hydrogen-bond donors (Lipinski definition) is 2. The molecule has 0 aromatic carbocycles. The van der Waals surface area contributed by atoms with Crippen molar-refractivity contribution in [1.29, 1.82) is 0 Å². The zero-order valence-electron chi connectivity index (χ0n) is 8.54. The van der Waals surface area contributed by atoms with Gasteiger partial charge in [0.2, 0.25) is 0 Å². The van der Waals surface area contributed by atoms with Crippen molar-refractivity contribution in [3.8, 4) is 0 Å². The normalized spacial score (nSPS) is 46.7. The van der Waals surface area contributed by atoms with Crippen molar-refractivity contribution < 1.29 is 10.1 Å². The fraction of sp³-hybridized carbons (Fsp3) is 0.909. The molecule has 0 radical (unpaired) electrons. The van der Waals surface area contributed by atoms with Crippen LogP contribution in [0.3, 0.4) is 0 Å². The van der Waals surface area contributed by atoms with Crippen LogP contribution in [0.4, 0.5) is 0 Å². The van der Waals surface area contributed by atoms with Gasteiger partial charge >= 0.3 is 0 Å². The average molecular weight is 195 g/mol. The average Bonchev–Trinajstić information content (AvgIpc) is 2.59.